The minimum atomic E-state index is -0.149. The maximum absolute atomic E-state index is 12.6. The van der Waals surface area contributed by atoms with Gasteiger partial charge in [-0.1, -0.05) is 0 Å². The predicted molar refractivity (Wildman–Crippen MR) is 128 cm³/mol. The van der Waals surface area contributed by atoms with E-state index in [2.05, 4.69) is 67.4 Å². The number of benzene rings is 2. The van der Waals surface area contributed by atoms with Gasteiger partial charge >= 0.3 is 0 Å². The second kappa shape index (κ2) is 7.68. The van der Waals surface area contributed by atoms with Gasteiger partial charge in [0.2, 0.25) is 0 Å². The third-order valence-electron chi connectivity index (χ3n) is 7.87. The molecular formula is C27H36N2O. The highest BCUT2D eigenvalue weighted by molar-refractivity contribution is 6.07. The lowest BCUT2D eigenvalue weighted by atomic mass is 9.78. The van der Waals surface area contributed by atoms with Crippen molar-refractivity contribution in [3.8, 4) is 11.1 Å². The molecule has 1 aliphatic rings. The van der Waals surface area contributed by atoms with Crippen LogP contribution in [0.15, 0.2) is 5.10 Å². The Labute approximate surface area is 182 Å². The average Bonchev–Trinajstić information content (AvgIpc) is 2.94. The van der Waals surface area contributed by atoms with Crippen LogP contribution in [0.1, 0.15) is 62.6 Å². The van der Waals surface area contributed by atoms with Crippen molar-refractivity contribution in [2.75, 3.05) is 7.05 Å². The number of amides is 1. The summed E-state index contributed by atoms with van der Waals surface area (Å²) in [7, 11) is 1.75. The third kappa shape index (κ3) is 3.19. The Hall–Kier alpha value is -2.42. The number of carbonyl (C=O) groups is 1. The molecule has 160 valence electrons. The smallest absolute Gasteiger partial charge is 0.251 e. The second-order valence-electron chi connectivity index (χ2n) is 9.21. The number of rotatable bonds is 3. The lowest BCUT2D eigenvalue weighted by Gasteiger charge is -2.26. The van der Waals surface area contributed by atoms with Crippen molar-refractivity contribution in [1.29, 1.82) is 0 Å². The summed E-state index contributed by atoms with van der Waals surface area (Å²) >= 11 is 0. The number of hydrogen-bond acceptors (Lipinski definition) is 2. The van der Waals surface area contributed by atoms with E-state index in [0.29, 0.717) is 0 Å². The molecule has 1 amide bonds. The summed E-state index contributed by atoms with van der Waals surface area (Å²) in [4.78, 5) is 12.6. The van der Waals surface area contributed by atoms with Crippen LogP contribution in [0.25, 0.3) is 11.1 Å². The summed E-state index contributed by atoms with van der Waals surface area (Å²) in [6.07, 6.45) is 0.724. The van der Waals surface area contributed by atoms with Crippen LogP contribution in [0.3, 0.4) is 0 Å². The fourth-order valence-electron chi connectivity index (χ4n) is 5.15. The lowest BCUT2D eigenvalue weighted by molar-refractivity contribution is -0.130. The molecule has 0 fully saturated rings. The van der Waals surface area contributed by atoms with Crippen molar-refractivity contribution in [2.24, 2.45) is 11.0 Å². The van der Waals surface area contributed by atoms with Crippen LogP contribution in [0.2, 0.25) is 0 Å². The Morgan fingerprint density at radius 3 is 1.37 bits per heavy atom. The van der Waals surface area contributed by atoms with Gasteiger partial charge < -0.3 is 0 Å². The van der Waals surface area contributed by atoms with Gasteiger partial charge in [0.25, 0.3) is 5.91 Å². The molecule has 3 nitrogen and oxygen atoms in total. The van der Waals surface area contributed by atoms with Crippen LogP contribution in [0.5, 0.6) is 0 Å². The fraction of sp³-hybridized carbons (Fsp3) is 0.481. The monoisotopic (exact) mass is 404 g/mol. The van der Waals surface area contributed by atoms with Crippen molar-refractivity contribution in [1.82, 2.24) is 5.01 Å². The molecule has 1 unspecified atom stereocenters. The molecule has 1 aliphatic heterocycles. The Kier molecular flexibility index (Phi) is 5.70. The number of carbonyl (C=O) groups excluding carboxylic acids is 1. The summed E-state index contributed by atoms with van der Waals surface area (Å²) in [5.74, 6) is -0.0495. The Morgan fingerprint density at radius 1 is 0.633 bits per heavy atom. The molecule has 3 rings (SSSR count). The van der Waals surface area contributed by atoms with Gasteiger partial charge in [-0.05, 0) is 142 Å². The fourth-order valence-corrected chi connectivity index (χ4v) is 5.15. The second-order valence-corrected chi connectivity index (χ2v) is 9.21. The van der Waals surface area contributed by atoms with Gasteiger partial charge in [-0.25, -0.2) is 5.01 Å². The van der Waals surface area contributed by atoms with Crippen LogP contribution in [-0.2, 0) is 11.2 Å². The van der Waals surface area contributed by atoms with Crippen molar-refractivity contribution in [3.63, 3.8) is 0 Å². The topological polar surface area (TPSA) is 32.7 Å². The van der Waals surface area contributed by atoms with E-state index in [-0.39, 0.29) is 11.8 Å². The lowest BCUT2D eigenvalue weighted by Crippen LogP contribution is -2.26. The molecule has 1 heterocycles. The largest absolute Gasteiger partial charge is 0.272 e. The van der Waals surface area contributed by atoms with Crippen LogP contribution in [0, 0.1) is 68.2 Å². The van der Waals surface area contributed by atoms with Crippen molar-refractivity contribution in [3.05, 3.63) is 55.6 Å². The minimum Gasteiger partial charge on any atom is -0.272 e. The van der Waals surface area contributed by atoms with Crippen molar-refractivity contribution < 1.29 is 4.79 Å². The first-order chi connectivity index (χ1) is 13.9. The molecule has 0 saturated heterocycles. The third-order valence-corrected chi connectivity index (χ3v) is 7.87. The molecule has 0 spiro atoms. The summed E-state index contributed by atoms with van der Waals surface area (Å²) in [6.45, 7) is 22.1. The maximum Gasteiger partial charge on any atom is 0.251 e. The van der Waals surface area contributed by atoms with Crippen LogP contribution in [-0.4, -0.2) is 23.7 Å². The normalized spacial score (nSPS) is 16.5. The van der Waals surface area contributed by atoms with E-state index in [1.165, 1.54) is 71.8 Å². The van der Waals surface area contributed by atoms with E-state index in [9.17, 15) is 4.79 Å². The minimum absolute atomic E-state index is 0.0992. The molecular weight excluding hydrogens is 368 g/mol. The molecule has 3 heteroatoms. The van der Waals surface area contributed by atoms with Crippen LogP contribution < -0.4 is 0 Å². The number of nitrogens with zero attached hydrogens (tertiary/aromatic N) is 2. The number of hydrogen-bond donors (Lipinski definition) is 0. The zero-order chi connectivity index (χ0) is 22.7. The summed E-state index contributed by atoms with van der Waals surface area (Å²) in [5.41, 5.74) is 17.2. The van der Waals surface area contributed by atoms with E-state index >= 15 is 0 Å². The van der Waals surface area contributed by atoms with E-state index in [1.54, 1.807) is 7.05 Å². The number of hydrazone groups is 1. The molecule has 2 aromatic carbocycles. The summed E-state index contributed by atoms with van der Waals surface area (Å²) < 4.78 is 0. The molecule has 0 saturated carbocycles. The summed E-state index contributed by atoms with van der Waals surface area (Å²) in [5, 5.41) is 5.86. The highest BCUT2D eigenvalue weighted by Crippen LogP contribution is 2.41. The molecule has 0 bridgehead atoms. The van der Waals surface area contributed by atoms with Crippen LogP contribution in [0.4, 0.5) is 0 Å². The Balaban J connectivity index is 2.23. The molecule has 2 aromatic rings. The SMILES string of the molecule is CC1=NN(C)C(=O)C1Cc1c(C)c(C)c(-c2c(C)c(C)c(C)c(C)c2C)c(C)c1C. The Bertz CT molecular complexity index is 1050. The van der Waals surface area contributed by atoms with Crippen LogP contribution >= 0.6 is 0 Å². The summed E-state index contributed by atoms with van der Waals surface area (Å²) in [6, 6.07) is 0. The molecule has 30 heavy (non-hydrogen) atoms. The van der Waals surface area contributed by atoms with Gasteiger partial charge in [0, 0.05) is 12.8 Å². The van der Waals surface area contributed by atoms with E-state index < -0.39 is 0 Å². The Morgan fingerprint density at radius 2 is 1.00 bits per heavy atom. The highest BCUT2D eigenvalue weighted by atomic mass is 16.2. The zero-order valence-electron chi connectivity index (χ0n) is 20.6. The van der Waals surface area contributed by atoms with Crippen molar-refractivity contribution in [2.45, 2.75) is 75.7 Å². The van der Waals surface area contributed by atoms with Crippen molar-refractivity contribution >= 4 is 11.6 Å². The standard InChI is InChI=1S/C27H36N2O/c1-13-14(2)18(6)25(19(7)15(13)3)26-20(8)16(4)23(17(5)21(26)9)12-24-22(10)28-29(11)27(24)30/h24H,12H2,1-11H3. The molecule has 1 atom stereocenters. The van der Waals surface area contributed by atoms with Gasteiger partial charge in [0.05, 0.1) is 5.92 Å². The molecule has 0 aromatic heterocycles. The van der Waals surface area contributed by atoms with E-state index in [0.717, 1.165) is 12.1 Å². The first kappa shape index (κ1) is 22.3. The highest BCUT2D eigenvalue weighted by Gasteiger charge is 2.33. The maximum atomic E-state index is 12.6. The van der Waals surface area contributed by atoms with Gasteiger partial charge in [-0.3, -0.25) is 4.79 Å². The van der Waals surface area contributed by atoms with E-state index in [4.69, 9.17) is 0 Å². The van der Waals surface area contributed by atoms with Gasteiger partial charge in [-0.15, -0.1) is 0 Å². The zero-order valence-corrected chi connectivity index (χ0v) is 20.6. The first-order valence-electron chi connectivity index (χ1n) is 10.9. The quantitative estimate of drug-likeness (QED) is 0.605. The van der Waals surface area contributed by atoms with E-state index in [1.807, 2.05) is 6.92 Å². The predicted octanol–water partition coefficient (Wildman–Crippen LogP) is 6.14. The molecule has 0 radical (unpaired) electrons. The molecule has 0 aliphatic carbocycles. The first-order valence-corrected chi connectivity index (χ1v) is 10.9. The van der Waals surface area contributed by atoms with Gasteiger partial charge in [0.1, 0.15) is 0 Å². The molecule has 0 N–H and O–H groups in total. The average molecular weight is 405 g/mol. The van der Waals surface area contributed by atoms with Gasteiger partial charge in [-0.2, -0.15) is 5.10 Å². The van der Waals surface area contributed by atoms with Gasteiger partial charge in [0.15, 0.2) is 0 Å².